The minimum absolute atomic E-state index is 0.123. The van der Waals surface area contributed by atoms with Gasteiger partial charge < -0.3 is 9.62 Å². The van der Waals surface area contributed by atoms with Crippen molar-refractivity contribution >= 4 is 0 Å². The lowest BCUT2D eigenvalue weighted by Crippen LogP contribution is -2.17. The molecule has 1 aromatic carbocycles. The summed E-state index contributed by atoms with van der Waals surface area (Å²) in [5, 5.41) is 8.12. The molecule has 13 heavy (non-hydrogen) atoms. The van der Waals surface area contributed by atoms with E-state index in [9.17, 15) is 13.2 Å². The van der Waals surface area contributed by atoms with E-state index in [1.165, 1.54) is 12.1 Å². The van der Waals surface area contributed by atoms with Gasteiger partial charge in [-0.05, 0) is 12.1 Å². The number of ether oxygens (including phenoxy) is 1. The van der Waals surface area contributed by atoms with E-state index in [2.05, 4.69) is 9.62 Å². The maximum atomic E-state index is 11.7. The van der Waals surface area contributed by atoms with Gasteiger partial charge in [-0.1, -0.05) is 6.07 Å². The van der Waals surface area contributed by atoms with Crippen LogP contribution in [-0.4, -0.2) is 11.6 Å². The topological polar surface area (TPSA) is 38.7 Å². The molecule has 0 aliphatic heterocycles. The summed E-state index contributed by atoms with van der Waals surface area (Å²) in [5.41, 5.74) is 0. The summed E-state index contributed by atoms with van der Waals surface area (Å²) in [6.07, 6.45) is -4.74. The van der Waals surface area contributed by atoms with Crippen molar-refractivity contribution in [3.63, 3.8) is 0 Å². The van der Waals surface area contributed by atoms with Crippen LogP contribution in [0.15, 0.2) is 24.3 Å². The number of benzene rings is 1. The Balaban J connectivity index is 2.78. The van der Waals surface area contributed by atoms with E-state index in [4.69, 9.17) is 5.26 Å². The molecule has 1 aromatic rings. The van der Waals surface area contributed by atoms with E-state index in [1.54, 1.807) is 0 Å². The number of rotatable bonds is 2. The van der Waals surface area contributed by atoms with E-state index in [1.807, 2.05) is 0 Å². The van der Waals surface area contributed by atoms with Crippen LogP contribution in [0.4, 0.5) is 13.2 Å². The molecule has 6 heteroatoms. The second-order valence-electron chi connectivity index (χ2n) is 2.11. The zero-order valence-corrected chi connectivity index (χ0v) is 6.21. The Kier molecular flexibility index (Phi) is 2.62. The fourth-order valence-corrected chi connectivity index (χ4v) is 0.728. The summed E-state index contributed by atoms with van der Waals surface area (Å²) in [4.78, 5) is 3.72. The third-order valence-electron chi connectivity index (χ3n) is 1.14. The van der Waals surface area contributed by atoms with Crippen molar-refractivity contribution < 1.29 is 28.1 Å². The molecule has 3 nitrogen and oxygen atoms in total. The van der Waals surface area contributed by atoms with Crippen LogP contribution < -0.4 is 9.62 Å². The highest BCUT2D eigenvalue weighted by molar-refractivity contribution is 5.32. The Morgan fingerprint density at radius 3 is 2.31 bits per heavy atom. The highest BCUT2D eigenvalue weighted by atomic mass is 19.4. The average molecular weight is 194 g/mol. The molecule has 0 aliphatic rings. The van der Waals surface area contributed by atoms with Gasteiger partial charge in [-0.25, -0.2) is 5.26 Å². The van der Waals surface area contributed by atoms with Gasteiger partial charge in [0, 0.05) is 6.07 Å². The van der Waals surface area contributed by atoms with Gasteiger partial charge in [-0.3, -0.25) is 0 Å². The molecular formula is C7H5F3O3. The molecule has 72 valence electrons. The van der Waals surface area contributed by atoms with Crippen LogP contribution in [0.2, 0.25) is 0 Å². The third-order valence-corrected chi connectivity index (χ3v) is 1.14. The molecule has 1 rings (SSSR count). The predicted octanol–water partition coefficient (Wildman–Crippen LogP) is 2.44. The number of alkyl halides is 3. The molecule has 0 aromatic heterocycles. The predicted molar refractivity (Wildman–Crippen MR) is 36.4 cm³/mol. The molecule has 0 unspecified atom stereocenters. The maximum Gasteiger partial charge on any atom is 0.573 e. The quantitative estimate of drug-likeness (QED) is 0.580. The van der Waals surface area contributed by atoms with Crippen molar-refractivity contribution in [2.75, 3.05) is 0 Å². The monoisotopic (exact) mass is 194 g/mol. The number of hydrogen-bond acceptors (Lipinski definition) is 3. The van der Waals surface area contributed by atoms with Gasteiger partial charge in [0.1, 0.15) is 5.75 Å². The van der Waals surface area contributed by atoms with Crippen LogP contribution in [0.3, 0.4) is 0 Å². The Labute approximate surface area is 71.2 Å². The Bertz CT molecular complexity index is 285. The highest BCUT2D eigenvalue weighted by Gasteiger charge is 2.31. The Morgan fingerprint density at radius 1 is 1.15 bits per heavy atom. The van der Waals surface area contributed by atoms with Crippen molar-refractivity contribution in [2.45, 2.75) is 6.36 Å². The second-order valence-corrected chi connectivity index (χ2v) is 2.11. The molecule has 1 N–H and O–H groups in total. The Morgan fingerprint density at radius 2 is 1.77 bits per heavy atom. The van der Waals surface area contributed by atoms with Crippen molar-refractivity contribution in [3.8, 4) is 11.5 Å². The number of halogens is 3. The fourth-order valence-electron chi connectivity index (χ4n) is 0.728. The van der Waals surface area contributed by atoms with E-state index < -0.39 is 12.1 Å². The molecule has 0 radical (unpaired) electrons. The van der Waals surface area contributed by atoms with Crippen molar-refractivity contribution in [2.24, 2.45) is 0 Å². The van der Waals surface area contributed by atoms with Gasteiger partial charge in [-0.15, -0.1) is 13.2 Å². The molecule has 0 amide bonds. The third kappa shape index (κ3) is 3.20. The van der Waals surface area contributed by atoms with Crippen molar-refractivity contribution in [1.82, 2.24) is 0 Å². The second kappa shape index (κ2) is 3.53. The van der Waals surface area contributed by atoms with E-state index in [-0.39, 0.29) is 5.75 Å². The van der Waals surface area contributed by atoms with E-state index in [0.717, 1.165) is 12.1 Å². The van der Waals surface area contributed by atoms with Gasteiger partial charge >= 0.3 is 6.36 Å². The first kappa shape index (κ1) is 9.66. The first-order chi connectivity index (χ1) is 6.01. The first-order valence-electron chi connectivity index (χ1n) is 3.18. The zero-order chi connectivity index (χ0) is 9.90. The Hall–Kier alpha value is -1.43. The first-order valence-corrected chi connectivity index (χ1v) is 3.18. The fraction of sp³-hybridized carbons (Fsp3) is 0.143. The lowest BCUT2D eigenvalue weighted by molar-refractivity contribution is -0.274. The molecule has 0 atom stereocenters. The van der Waals surface area contributed by atoms with Crippen LogP contribution in [0.1, 0.15) is 0 Å². The minimum atomic E-state index is -4.74. The molecule has 0 saturated heterocycles. The van der Waals surface area contributed by atoms with Crippen LogP contribution >= 0.6 is 0 Å². The van der Waals surface area contributed by atoms with E-state index >= 15 is 0 Å². The maximum absolute atomic E-state index is 11.7. The van der Waals surface area contributed by atoms with Crippen LogP contribution in [0.25, 0.3) is 0 Å². The molecule has 0 fully saturated rings. The van der Waals surface area contributed by atoms with Gasteiger partial charge in [0.25, 0.3) is 0 Å². The molecule has 0 spiro atoms. The SMILES string of the molecule is OOc1cccc(OC(F)(F)F)c1. The molecule has 0 heterocycles. The zero-order valence-electron chi connectivity index (χ0n) is 6.21. The molecule has 0 aliphatic carbocycles. The highest BCUT2D eigenvalue weighted by Crippen LogP contribution is 2.25. The van der Waals surface area contributed by atoms with Gasteiger partial charge in [0.05, 0.1) is 0 Å². The van der Waals surface area contributed by atoms with Gasteiger partial charge in [-0.2, -0.15) is 0 Å². The molecule has 0 saturated carbocycles. The minimum Gasteiger partial charge on any atom is -0.406 e. The van der Waals surface area contributed by atoms with Crippen LogP contribution in [-0.2, 0) is 0 Å². The largest absolute Gasteiger partial charge is 0.573 e. The van der Waals surface area contributed by atoms with Crippen molar-refractivity contribution in [3.05, 3.63) is 24.3 Å². The molecular weight excluding hydrogens is 189 g/mol. The summed E-state index contributed by atoms with van der Waals surface area (Å²) < 4.78 is 38.5. The van der Waals surface area contributed by atoms with E-state index in [0.29, 0.717) is 0 Å². The van der Waals surface area contributed by atoms with Gasteiger partial charge in [0.2, 0.25) is 0 Å². The summed E-state index contributed by atoms with van der Waals surface area (Å²) in [7, 11) is 0. The summed E-state index contributed by atoms with van der Waals surface area (Å²) in [6.45, 7) is 0. The normalized spacial score (nSPS) is 11.1. The van der Waals surface area contributed by atoms with Crippen LogP contribution in [0.5, 0.6) is 11.5 Å². The smallest absolute Gasteiger partial charge is 0.406 e. The average Bonchev–Trinajstić information content (AvgIpc) is 2.01. The lowest BCUT2D eigenvalue weighted by Gasteiger charge is -2.08. The standard InChI is InChI=1S/C7H5F3O3/c8-7(9,10)12-5-2-1-3-6(4-5)13-11/h1-4,11H. The van der Waals surface area contributed by atoms with Crippen LogP contribution in [0, 0.1) is 0 Å². The summed E-state index contributed by atoms with van der Waals surface area (Å²) in [5.74, 6) is -0.569. The summed E-state index contributed by atoms with van der Waals surface area (Å²) >= 11 is 0. The summed E-state index contributed by atoms with van der Waals surface area (Å²) in [6, 6.07) is 4.54. The van der Waals surface area contributed by atoms with Gasteiger partial charge in [0.15, 0.2) is 5.75 Å². The van der Waals surface area contributed by atoms with Crippen molar-refractivity contribution in [1.29, 1.82) is 0 Å². The number of hydrogen-bond donors (Lipinski definition) is 1. The lowest BCUT2D eigenvalue weighted by atomic mass is 10.3. The molecule has 0 bridgehead atoms.